The quantitative estimate of drug-likeness (QED) is 0.810. The molecule has 0 aliphatic carbocycles. The van der Waals surface area contributed by atoms with Crippen LogP contribution in [0.15, 0.2) is 18.2 Å². The minimum atomic E-state index is 0.185. The van der Waals surface area contributed by atoms with Gasteiger partial charge in [0.1, 0.15) is 5.75 Å². The van der Waals surface area contributed by atoms with Crippen molar-refractivity contribution in [3.05, 3.63) is 29.3 Å². The highest BCUT2D eigenvalue weighted by molar-refractivity contribution is 5.82. The number of Topliss-reactive ketones (excluding diaryl/α,β-unsaturated/α-hetero) is 1. The van der Waals surface area contributed by atoms with Crippen molar-refractivity contribution in [1.82, 2.24) is 4.90 Å². The normalized spacial score (nSPS) is 10.7. The number of ketones is 1. The number of likely N-dealkylation sites (N-methyl/N-ethyl adjacent to an activating group) is 1. The Morgan fingerprint density at radius 3 is 2.60 bits per heavy atom. The molecule has 0 unspecified atom stereocenters. The molecule has 0 atom stereocenters. The molecule has 0 aliphatic heterocycles. The highest BCUT2D eigenvalue weighted by Crippen LogP contribution is 2.17. The Balaban J connectivity index is 2.65. The fourth-order valence-electron chi connectivity index (χ4n) is 1.46. The predicted octanol–water partition coefficient (Wildman–Crippen LogP) is 1.37. The molecule has 3 nitrogen and oxygen atoms in total. The average Bonchev–Trinajstić information content (AvgIpc) is 2.10. The second-order valence-electron chi connectivity index (χ2n) is 4.07. The fraction of sp³-hybridized carbons (Fsp3) is 0.417. The van der Waals surface area contributed by atoms with Crippen LogP contribution in [0.4, 0.5) is 0 Å². The zero-order valence-electron chi connectivity index (χ0n) is 9.45. The summed E-state index contributed by atoms with van der Waals surface area (Å²) in [6.07, 6.45) is 0.430. The molecule has 0 spiro atoms. The number of aromatic hydroxyl groups is 1. The smallest absolute Gasteiger partial charge is 0.151 e. The molecule has 0 fully saturated rings. The van der Waals surface area contributed by atoms with Gasteiger partial charge in [-0.15, -0.1) is 0 Å². The van der Waals surface area contributed by atoms with Gasteiger partial charge in [-0.2, -0.15) is 0 Å². The summed E-state index contributed by atoms with van der Waals surface area (Å²) in [5.74, 6) is 0.462. The number of phenolic OH excluding ortho intramolecular Hbond substituents is 1. The molecule has 1 aromatic carbocycles. The van der Waals surface area contributed by atoms with E-state index in [2.05, 4.69) is 0 Å². The van der Waals surface area contributed by atoms with Gasteiger partial charge in [0, 0.05) is 6.42 Å². The van der Waals surface area contributed by atoms with Gasteiger partial charge >= 0.3 is 0 Å². The van der Waals surface area contributed by atoms with Crippen LogP contribution in [-0.2, 0) is 11.2 Å². The summed E-state index contributed by atoms with van der Waals surface area (Å²) < 4.78 is 0. The molecule has 15 heavy (non-hydrogen) atoms. The lowest BCUT2D eigenvalue weighted by Gasteiger charge is -2.08. The van der Waals surface area contributed by atoms with E-state index in [0.717, 1.165) is 11.1 Å². The van der Waals surface area contributed by atoms with E-state index in [1.165, 1.54) is 0 Å². The molecule has 1 N–H and O–H groups in total. The number of carbonyl (C=O) groups is 1. The number of hydrogen-bond donors (Lipinski definition) is 1. The molecular formula is C12H17NO2. The molecule has 0 radical (unpaired) electrons. The minimum Gasteiger partial charge on any atom is -0.508 e. The van der Waals surface area contributed by atoms with Gasteiger partial charge in [0.15, 0.2) is 5.78 Å². The third kappa shape index (κ3) is 3.72. The Morgan fingerprint density at radius 1 is 1.40 bits per heavy atom. The van der Waals surface area contributed by atoms with Gasteiger partial charge in [-0.05, 0) is 38.2 Å². The van der Waals surface area contributed by atoms with Gasteiger partial charge in [0.05, 0.1) is 6.54 Å². The van der Waals surface area contributed by atoms with E-state index in [1.54, 1.807) is 12.1 Å². The Morgan fingerprint density at radius 2 is 2.07 bits per heavy atom. The lowest BCUT2D eigenvalue weighted by molar-refractivity contribution is -0.119. The van der Waals surface area contributed by atoms with Gasteiger partial charge in [-0.1, -0.05) is 12.1 Å². The maximum absolute atomic E-state index is 11.5. The summed E-state index contributed by atoms with van der Waals surface area (Å²) in [6, 6.07) is 5.27. The number of nitrogens with zero attached hydrogens (tertiary/aromatic N) is 1. The number of carbonyl (C=O) groups excluding carboxylic acids is 1. The second-order valence-corrected chi connectivity index (χ2v) is 4.07. The topological polar surface area (TPSA) is 40.5 Å². The van der Waals surface area contributed by atoms with Crippen molar-refractivity contribution in [1.29, 1.82) is 0 Å². The average molecular weight is 207 g/mol. The van der Waals surface area contributed by atoms with E-state index >= 15 is 0 Å². The Hall–Kier alpha value is -1.35. The van der Waals surface area contributed by atoms with Gasteiger partial charge in [-0.3, -0.25) is 4.79 Å². The van der Waals surface area contributed by atoms with Gasteiger partial charge in [0.2, 0.25) is 0 Å². The van der Waals surface area contributed by atoms with Crippen LogP contribution in [0.3, 0.4) is 0 Å². The van der Waals surface area contributed by atoms with Crippen molar-refractivity contribution in [2.45, 2.75) is 13.3 Å². The summed E-state index contributed by atoms with van der Waals surface area (Å²) in [6.45, 7) is 2.29. The SMILES string of the molecule is Cc1cc(CC(=O)CN(C)C)ccc1O. The minimum absolute atomic E-state index is 0.185. The molecule has 82 valence electrons. The van der Waals surface area contributed by atoms with E-state index in [1.807, 2.05) is 32.0 Å². The van der Waals surface area contributed by atoms with E-state index in [9.17, 15) is 9.90 Å². The summed E-state index contributed by atoms with van der Waals surface area (Å²) in [4.78, 5) is 13.4. The van der Waals surface area contributed by atoms with Gasteiger partial charge in [0.25, 0.3) is 0 Å². The maximum Gasteiger partial charge on any atom is 0.151 e. The van der Waals surface area contributed by atoms with Crippen LogP contribution in [0.2, 0.25) is 0 Å². The van der Waals surface area contributed by atoms with E-state index in [4.69, 9.17) is 0 Å². The molecule has 0 heterocycles. The van der Waals surface area contributed by atoms with Crippen molar-refractivity contribution in [3.63, 3.8) is 0 Å². The first-order chi connectivity index (χ1) is 6.99. The number of hydrogen-bond acceptors (Lipinski definition) is 3. The Labute approximate surface area is 90.3 Å². The zero-order chi connectivity index (χ0) is 11.4. The lowest BCUT2D eigenvalue weighted by Crippen LogP contribution is -2.22. The molecule has 0 bridgehead atoms. The molecule has 0 aromatic heterocycles. The first-order valence-electron chi connectivity index (χ1n) is 4.94. The second kappa shape index (κ2) is 4.94. The summed E-state index contributed by atoms with van der Waals surface area (Å²) >= 11 is 0. The van der Waals surface area contributed by atoms with Crippen molar-refractivity contribution >= 4 is 5.78 Å². The van der Waals surface area contributed by atoms with E-state index in [-0.39, 0.29) is 11.5 Å². The highest BCUT2D eigenvalue weighted by Gasteiger charge is 2.06. The summed E-state index contributed by atoms with van der Waals surface area (Å²) in [5.41, 5.74) is 1.77. The molecular weight excluding hydrogens is 190 g/mol. The van der Waals surface area contributed by atoms with Gasteiger partial charge < -0.3 is 10.0 Å². The molecule has 0 saturated carbocycles. The highest BCUT2D eigenvalue weighted by atomic mass is 16.3. The summed E-state index contributed by atoms with van der Waals surface area (Å²) in [7, 11) is 3.75. The maximum atomic E-state index is 11.5. The van der Waals surface area contributed by atoms with Crippen LogP contribution >= 0.6 is 0 Å². The molecule has 0 saturated heterocycles. The molecule has 0 amide bonds. The van der Waals surface area contributed by atoms with Crippen molar-refractivity contribution in [2.24, 2.45) is 0 Å². The number of rotatable bonds is 4. The van der Waals surface area contributed by atoms with Crippen molar-refractivity contribution < 1.29 is 9.90 Å². The van der Waals surface area contributed by atoms with Gasteiger partial charge in [-0.25, -0.2) is 0 Å². The molecule has 3 heteroatoms. The van der Waals surface area contributed by atoms with Crippen molar-refractivity contribution in [2.75, 3.05) is 20.6 Å². The third-order valence-electron chi connectivity index (χ3n) is 2.16. The fourth-order valence-corrected chi connectivity index (χ4v) is 1.46. The van der Waals surface area contributed by atoms with Crippen LogP contribution in [0.25, 0.3) is 0 Å². The first kappa shape index (κ1) is 11.7. The largest absolute Gasteiger partial charge is 0.508 e. The molecule has 1 aromatic rings. The summed E-state index contributed by atoms with van der Waals surface area (Å²) in [5, 5.41) is 9.33. The zero-order valence-corrected chi connectivity index (χ0v) is 9.45. The number of benzene rings is 1. The van der Waals surface area contributed by atoms with Crippen LogP contribution < -0.4 is 0 Å². The first-order valence-corrected chi connectivity index (χ1v) is 4.94. The number of phenols is 1. The van der Waals surface area contributed by atoms with Crippen LogP contribution in [0.1, 0.15) is 11.1 Å². The van der Waals surface area contributed by atoms with Crippen LogP contribution in [0, 0.1) is 6.92 Å². The molecule has 0 aliphatic rings. The number of aryl methyl sites for hydroxylation is 1. The monoisotopic (exact) mass is 207 g/mol. The van der Waals surface area contributed by atoms with Crippen LogP contribution in [0.5, 0.6) is 5.75 Å². The Kier molecular flexibility index (Phi) is 3.86. The molecule has 1 rings (SSSR count). The van der Waals surface area contributed by atoms with Crippen molar-refractivity contribution in [3.8, 4) is 5.75 Å². The van der Waals surface area contributed by atoms with E-state index < -0.39 is 0 Å². The lowest BCUT2D eigenvalue weighted by atomic mass is 10.1. The standard InChI is InChI=1S/C12H17NO2/c1-9-6-10(4-5-12(9)15)7-11(14)8-13(2)3/h4-6,15H,7-8H2,1-3H3. The third-order valence-corrected chi connectivity index (χ3v) is 2.16. The van der Waals surface area contributed by atoms with E-state index in [0.29, 0.717) is 13.0 Å². The predicted molar refractivity (Wildman–Crippen MR) is 60.1 cm³/mol. The Bertz CT molecular complexity index is 359. The van der Waals surface area contributed by atoms with Crippen LogP contribution in [-0.4, -0.2) is 36.4 Å².